The number of hydrogen-bond donors (Lipinski definition) is 2. The first-order chi connectivity index (χ1) is 11.7. The van der Waals surface area contributed by atoms with E-state index >= 15 is 0 Å². The molecule has 0 atom stereocenters. The Balaban J connectivity index is 1.81. The number of ether oxygens (including phenoxy) is 1. The number of halogens is 1. The van der Waals surface area contributed by atoms with E-state index in [0.717, 1.165) is 5.39 Å². The van der Waals surface area contributed by atoms with E-state index in [4.69, 9.17) is 21.4 Å². The molecule has 0 fully saturated rings. The fraction of sp³-hybridized carbons (Fsp3) is 0.111. The molecule has 1 heterocycles. The number of carbonyl (C=O) groups is 1. The Kier molecular flexibility index (Phi) is 4.93. The van der Waals surface area contributed by atoms with Gasteiger partial charge in [-0.3, -0.25) is 9.78 Å². The minimum Gasteiger partial charge on any atom is -0.491 e. The van der Waals surface area contributed by atoms with E-state index in [1.165, 1.54) is 0 Å². The molecule has 0 bridgehead atoms. The van der Waals surface area contributed by atoms with Crippen molar-refractivity contribution in [2.24, 2.45) is 0 Å². The summed E-state index contributed by atoms with van der Waals surface area (Å²) in [6.07, 6.45) is 1.63. The maximum Gasteiger partial charge on any atom is 0.257 e. The number of amides is 1. The molecule has 0 aliphatic rings. The predicted octanol–water partition coefficient (Wildman–Crippen LogP) is 3.51. The first-order valence-electron chi connectivity index (χ1n) is 7.37. The van der Waals surface area contributed by atoms with Crippen LogP contribution in [0.15, 0.2) is 54.7 Å². The zero-order valence-corrected chi connectivity index (χ0v) is 13.5. The molecule has 0 aliphatic carbocycles. The van der Waals surface area contributed by atoms with Crippen LogP contribution in [0, 0.1) is 0 Å². The van der Waals surface area contributed by atoms with Gasteiger partial charge >= 0.3 is 0 Å². The summed E-state index contributed by atoms with van der Waals surface area (Å²) in [5.41, 5.74) is 1.65. The van der Waals surface area contributed by atoms with E-state index in [1.807, 2.05) is 6.07 Å². The topological polar surface area (TPSA) is 71.5 Å². The molecule has 0 aliphatic heterocycles. The lowest BCUT2D eigenvalue weighted by atomic mass is 10.1. The van der Waals surface area contributed by atoms with E-state index < -0.39 is 0 Å². The van der Waals surface area contributed by atoms with Gasteiger partial charge in [-0.15, -0.1) is 0 Å². The summed E-state index contributed by atoms with van der Waals surface area (Å²) in [5, 5.41) is 12.9. The molecule has 122 valence electrons. The summed E-state index contributed by atoms with van der Waals surface area (Å²) in [7, 11) is 0. The van der Waals surface area contributed by atoms with Gasteiger partial charge in [-0.1, -0.05) is 11.6 Å². The van der Waals surface area contributed by atoms with E-state index in [0.29, 0.717) is 27.5 Å². The van der Waals surface area contributed by atoms with Crippen molar-refractivity contribution < 1.29 is 14.6 Å². The van der Waals surface area contributed by atoms with E-state index in [1.54, 1.807) is 48.7 Å². The van der Waals surface area contributed by atoms with Gasteiger partial charge in [0, 0.05) is 17.3 Å². The van der Waals surface area contributed by atoms with Crippen molar-refractivity contribution in [3.05, 3.63) is 65.3 Å². The Hall–Kier alpha value is -2.63. The van der Waals surface area contributed by atoms with Gasteiger partial charge in [-0.2, -0.15) is 0 Å². The number of aliphatic hydroxyl groups is 1. The Labute approximate surface area is 143 Å². The third-order valence-corrected chi connectivity index (χ3v) is 3.76. The van der Waals surface area contributed by atoms with Crippen LogP contribution in [0.1, 0.15) is 10.4 Å². The number of fused-ring (bicyclic) bond motifs is 1. The average molecular weight is 343 g/mol. The molecule has 0 radical (unpaired) electrons. The minimum atomic E-state index is -0.264. The summed E-state index contributed by atoms with van der Waals surface area (Å²) in [4.78, 5) is 16.8. The van der Waals surface area contributed by atoms with Gasteiger partial charge in [-0.25, -0.2) is 0 Å². The number of pyridine rings is 1. The smallest absolute Gasteiger partial charge is 0.257 e. The van der Waals surface area contributed by atoms with Crippen LogP contribution >= 0.6 is 11.6 Å². The Morgan fingerprint density at radius 1 is 1.17 bits per heavy atom. The average Bonchev–Trinajstić information content (AvgIpc) is 2.61. The zero-order chi connectivity index (χ0) is 16.9. The van der Waals surface area contributed by atoms with Crippen LogP contribution in [0.5, 0.6) is 5.75 Å². The van der Waals surface area contributed by atoms with Crippen LogP contribution in [0.2, 0.25) is 5.02 Å². The van der Waals surface area contributed by atoms with Gasteiger partial charge in [0.25, 0.3) is 5.91 Å². The standard InChI is InChI=1S/C18H15ClN2O3/c19-16-8-7-15(17-14(16)2-1-9-20-17)18(23)21-12-3-5-13(6-4-12)24-11-10-22/h1-9,22H,10-11H2,(H,21,23). The molecule has 1 amide bonds. The number of benzene rings is 2. The van der Waals surface area contributed by atoms with E-state index in [2.05, 4.69) is 10.3 Å². The van der Waals surface area contributed by atoms with Crippen LogP contribution < -0.4 is 10.1 Å². The molecule has 1 aromatic heterocycles. The quantitative estimate of drug-likeness (QED) is 0.744. The number of nitrogens with zero attached hydrogens (tertiary/aromatic N) is 1. The lowest BCUT2D eigenvalue weighted by molar-refractivity contribution is 0.102. The van der Waals surface area contributed by atoms with Gasteiger partial charge in [0.2, 0.25) is 0 Å². The third-order valence-electron chi connectivity index (χ3n) is 3.43. The highest BCUT2D eigenvalue weighted by atomic mass is 35.5. The van der Waals surface area contributed by atoms with Crippen molar-refractivity contribution >= 4 is 34.1 Å². The second-order valence-corrected chi connectivity index (χ2v) is 5.45. The number of hydrogen-bond acceptors (Lipinski definition) is 4. The van der Waals surface area contributed by atoms with Crippen molar-refractivity contribution in [2.75, 3.05) is 18.5 Å². The van der Waals surface area contributed by atoms with Crippen LogP contribution in [0.3, 0.4) is 0 Å². The number of anilines is 1. The molecule has 3 aromatic rings. The van der Waals surface area contributed by atoms with Crippen LogP contribution in [-0.4, -0.2) is 29.2 Å². The SMILES string of the molecule is O=C(Nc1ccc(OCCO)cc1)c1ccc(Cl)c2cccnc12. The second kappa shape index (κ2) is 7.29. The summed E-state index contributed by atoms with van der Waals surface area (Å²) in [6, 6.07) is 13.9. The molecule has 24 heavy (non-hydrogen) atoms. The molecule has 3 rings (SSSR count). The van der Waals surface area contributed by atoms with Crippen LogP contribution in [0.25, 0.3) is 10.9 Å². The van der Waals surface area contributed by atoms with Crippen molar-refractivity contribution in [1.29, 1.82) is 0 Å². The predicted molar refractivity (Wildman–Crippen MR) is 93.7 cm³/mol. The summed E-state index contributed by atoms with van der Waals surface area (Å²) >= 11 is 6.15. The summed E-state index contributed by atoms with van der Waals surface area (Å²) in [6.45, 7) is 0.184. The van der Waals surface area contributed by atoms with Crippen molar-refractivity contribution in [1.82, 2.24) is 4.98 Å². The summed E-state index contributed by atoms with van der Waals surface area (Å²) in [5.74, 6) is 0.361. The molecule has 0 saturated heterocycles. The highest BCUT2D eigenvalue weighted by molar-refractivity contribution is 6.36. The third kappa shape index (κ3) is 3.48. The monoisotopic (exact) mass is 342 g/mol. The molecule has 0 spiro atoms. The molecular weight excluding hydrogens is 328 g/mol. The maximum absolute atomic E-state index is 12.5. The zero-order valence-electron chi connectivity index (χ0n) is 12.7. The lowest BCUT2D eigenvalue weighted by Crippen LogP contribution is -2.13. The molecule has 2 aromatic carbocycles. The molecule has 0 saturated carbocycles. The van der Waals surface area contributed by atoms with Crippen LogP contribution in [-0.2, 0) is 0 Å². The molecule has 0 unspecified atom stereocenters. The Morgan fingerprint density at radius 3 is 2.71 bits per heavy atom. The highest BCUT2D eigenvalue weighted by Crippen LogP contribution is 2.25. The van der Waals surface area contributed by atoms with Crippen molar-refractivity contribution in [3.63, 3.8) is 0 Å². The van der Waals surface area contributed by atoms with Crippen molar-refractivity contribution in [2.45, 2.75) is 0 Å². The Morgan fingerprint density at radius 2 is 1.96 bits per heavy atom. The minimum absolute atomic E-state index is 0.0465. The maximum atomic E-state index is 12.5. The van der Waals surface area contributed by atoms with Crippen LogP contribution in [0.4, 0.5) is 5.69 Å². The molecule has 5 nitrogen and oxygen atoms in total. The molecular formula is C18H15ClN2O3. The van der Waals surface area contributed by atoms with E-state index in [-0.39, 0.29) is 19.1 Å². The summed E-state index contributed by atoms with van der Waals surface area (Å²) < 4.78 is 5.28. The molecule has 6 heteroatoms. The number of aromatic nitrogens is 1. The first-order valence-corrected chi connectivity index (χ1v) is 7.75. The van der Waals surface area contributed by atoms with Gasteiger partial charge in [0.05, 0.1) is 22.7 Å². The van der Waals surface area contributed by atoms with E-state index in [9.17, 15) is 4.79 Å². The largest absolute Gasteiger partial charge is 0.491 e. The van der Waals surface area contributed by atoms with Gasteiger partial charge < -0.3 is 15.2 Å². The number of nitrogens with one attached hydrogen (secondary N) is 1. The van der Waals surface area contributed by atoms with Gasteiger partial charge in [0.1, 0.15) is 12.4 Å². The first kappa shape index (κ1) is 16.2. The fourth-order valence-electron chi connectivity index (χ4n) is 2.32. The van der Waals surface area contributed by atoms with Gasteiger partial charge in [0.15, 0.2) is 0 Å². The normalized spacial score (nSPS) is 10.6. The second-order valence-electron chi connectivity index (χ2n) is 5.05. The van der Waals surface area contributed by atoms with Gasteiger partial charge in [-0.05, 0) is 48.5 Å². The van der Waals surface area contributed by atoms with Crippen molar-refractivity contribution in [3.8, 4) is 5.75 Å². The number of rotatable bonds is 5. The molecule has 2 N–H and O–H groups in total. The number of aliphatic hydroxyl groups excluding tert-OH is 1. The Bertz CT molecular complexity index is 866. The lowest BCUT2D eigenvalue weighted by Gasteiger charge is -2.09. The number of carbonyl (C=O) groups excluding carboxylic acids is 1. The fourth-order valence-corrected chi connectivity index (χ4v) is 2.53. The highest BCUT2D eigenvalue weighted by Gasteiger charge is 2.13.